The van der Waals surface area contributed by atoms with E-state index >= 15 is 0 Å². The molecule has 0 bridgehead atoms. The molecule has 0 unspecified atom stereocenters. The van der Waals surface area contributed by atoms with Gasteiger partial charge in [0.1, 0.15) is 5.82 Å². The van der Waals surface area contributed by atoms with Crippen LogP contribution in [0.25, 0.3) is 0 Å². The Kier molecular flexibility index (Phi) is 4.86. The molecule has 0 heterocycles. The summed E-state index contributed by atoms with van der Waals surface area (Å²) in [6.45, 7) is 4.40. The average Bonchev–Trinajstić information content (AvgIpc) is 2.47. The second-order valence-electron chi connectivity index (χ2n) is 4.75. The quantitative estimate of drug-likeness (QED) is 0.826. The van der Waals surface area contributed by atoms with Crippen LogP contribution in [0.4, 0.5) is 4.39 Å². The topological polar surface area (TPSA) is 27.0 Å². The Morgan fingerprint density at radius 1 is 1.05 bits per heavy atom. The predicted octanol–water partition coefficient (Wildman–Crippen LogP) is 3.72. The highest BCUT2D eigenvalue weighted by Crippen LogP contribution is 2.12. The Labute approximate surface area is 119 Å². The van der Waals surface area contributed by atoms with Gasteiger partial charge in [0.15, 0.2) is 0 Å². The van der Waals surface area contributed by atoms with Gasteiger partial charge in [0, 0.05) is 13.1 Å². The lowest BCUT2D eigenvalue weighted by molar-refractivity contribution is 0.271. The number of benzene rings is 2. The fraction of sp³-hybridized carbons (Fsp3) is 0.235. The first-order valence-corrected chi connectivity index (χ1v) is 6.67. The molecule has 2 nitrogen and oxygen atoms in total. The van der Waals surface area contributed by atoms with Gasteiger partial charge in [-0.1, -0.05) is 31.2 Å². The van der Waals surface area contributed by atoms with Crippen molar-refractivity contribution in [1.29, 1.82) is 5.26 Å². The molecule has 2 rings (SSSR count). The van der Waals surface area contributed by atoms with E-state index in [-0.39, 0.29) is 5.82 Å². The van der Waals surface area contributed by atoms with Gasteiger partial charge >= 0.3 is 0 Å². The third kappa shape index (κ3) is 3.91. The molecule has 0 aliphatic carbocycles. The molecule has 0 aromatic heterocycles. The molecule has 0 aliphatic rings. The summed E-state index contributed by atoms with van der Waals surface area (Å²) in [7, 11) is 0. The van der Waals surface area contributed by atoms with Gasteiger partial charge in [-0.2, -0.15) is 5.26 Å². The summed E-state index contributed by atoms with van der Waals surface area (Å²) < 4.78 is 13.2. The van der Waals surface area contributed by atoms with Crippen molar-refractivity contribution < 1.29 is 4.39 Å². The van der Waals surface area contributed by atoms with E-state index in [9.17, 15) is 4.39 Å². The predicted molar refractivity (Wildman–Crippen MR) is 77.3 cm³/mol. The van der Waals surface area contributed by atoms with E-state index in [0.717, 1.165) is 24.2 Å². The van der Waals surface area contributed by atoms with E-state index in [4.69, 9.17) is 5.26 Å². The molecule has 2 aromatic carbocycles. The number of hydrogen-bond donors (Lipinski definition) is 0. The highest BCUT2D eigenvalue weighted by molar-refractivity contribution is 5.32. The van der Waals surface area contributed by atoms with Crippen molar-refractivity contribution in [2.75, 3.05) is 6.54 Å². The number of nitrogens with zero attached hydrogens (tertiary/aromatic N) is 2. The third-order valence-corrected chi connectivity index (χ3v) is 3.20. The zero-order valence-electron chi connectivity index (χ0n) is 11.5. The van der Waals surface area contributed by atoms with Crippen LogP contribution < -0.4 is 0 Å². The summed E-state index contributed by atoms with van der Waals surface area (Å²) in [4.78, 5) is 2.21. The van der Waals surface area contributed by atoms with Crippen molar-refractivity contribution in [3.05, 3.63) is 71.0 Å². The van der Waals surface area contributed by atoms with Gasteiger partial charge in [0.05, 0.1) is 11.6 Å². The lowest BCUT2D eigenvalue weighted by Crippen LogP contribution is -2.22. The fourth-order valence-corrected chi connectivity index (χ4v) is 2.17. The van der Waals surface area contributed by atoms with Crippen LogP contribution in [0.5, 0.6) is 0 Å². The van der Waals surface area contributed by atoms with E-state index in [2.05, 4.69) is 17.9 Å². The van der Waals surface area contributed by atoms with Gasteiger partial charge in [-0.05, 0) is 41.9 Å². The minimum absolute atomic E-state index is 0.204. The Balaban J connectivity index is 2.07. The van der Waals surface area contributed by atoms with Gasteiger partial charge in [0.2, 0.25) is 0 Å². The Morgan fingerprint density at radius 2 is 1.70 bits per heavy atom. The normalized spacial score (nSPS) is 10.5. The number of hydrogen-bond acceptors (Lipinski definition) is 2. The highest BCUT2D eigenvalue weighted by Gasteiger charge is 2.06. The van der Waals surface area contributed by atoms with E-state index < -0.39 is 0 Å². The van der Waals surface area contributed by atoms with E-state index in [1.54, 1.807) is 18.2 Å². The first kappa shape index (κ1) is 14.2. The van der Waals surface area contributed by atoms with Gasteiger partial charge in [0.25, 0.3) is 0 Å². The summed E-state index contributed by atoms with van der Waals surface area (Å²) in [6, 6.07) is 16.4. The zero-order valence-corrected chi connectivity index (χ0v) is 11.5. The van der Waals surface area contributed by atoms with Crippen LogP contribution in [0.3, 0.4) is 0 Å². The number of halogens is 1. The molecule has 20 heavy (non-hydrogen) atoms. The molecule has 0 fully saturated rings. The zero-order chi connectivity index (χ0) is 14.4. The minimum atomic E-state index is -0.204. The summed E-state index contributed by atoms with van der Waals surface area (Å²) >= 11 is 0. The van der Waals surface area contributed by atoms with E-state index in [1.807, 2.05) is 24.3 Å². The molecule has 2 aromatic rings. The molecule has 0 amide bonds. The minimum Gasteiger partial charge on any atom is -0.295 e. The van der Waals surface area contributed by atoms with E-state index in [1.165, 1.54) is 6.07 Å². The standard InChI is InChI=1S/C17H17FN2/c1-2-20(13-16-7-4-8-17(18)10-16)12-15-6-3-5-14(9-15)11-19/h3-10H,2,12-13H2,1H3. The molecule has 0 radical (unpaired) electrons. The molecule has 3 heteroatoms. The fourth-order valence-electron chi connectivity index (χ4n) is 2.17. The Hall–Kier alpha value is -2.18. The van der Waals surface area contributed by atoms with Gasteiger partial charge in [-0.25, -0.2) is 4.39 Å². The van der Waals surface area contributed by atoms with Crippen molar-refractivity contribution in [1.82, 2.24) is 4.90 Å². The lowest BCUT2D eigenvalue weighted by atomic mass is 10.1. The second-order valence-corrected chi connectivity index (χ2v) is 4.75. The van der Waals surface area contributed by atoms with Crippen LogP contribution in [0, 0.1) is 17.1 Å². The van der Waals surface area contributed by atoms with Crippen molar-refractivity contribution in [3.8, 4) is 6.07 Å². The lowest BCUT2D eigenvalue weighted by Gasteiger charge is -2.20. The monoisotopic (exact) mass is 268 g/mol. The molecule has 0 spiro atoms. The van der Waals surface area contributed by atoms with Crippen LogP contribution in [-0.4, -0.2) is 11.4 Å². The van der Waals surface area contributed by atoms with E-state index in [0.29, 0.717) is 12.1 Å². The van der Waals surface area contributed by atoms with Gasteiger partial charge < -0.3 is 0 Å². The van der Waals surface area contributed by atoms with Crippen molar-refractivity contribution in [3.63, 3.8) is 0 Å². The van der Waals surface area contributed by atoms with Crippen molar-refractivity contribution in [2.24, 2.45) is 0 Å². The first-order chi connectivity index (χ1) is 9.71. The van der Waals surface area contributed by atoms with Gasteiger partial charge in [-0.15, -0.1) is 0 Å². The Morgan fingerprint density at radius 3 is 2.30 bits per heavy atom. The molecular formula is C17H17FN2. The molecule has 0 saturated heterocycles. The third-order valence-electron chi connectivity index (χ3n) is 3.20. The molecule has 0 atom stereocenters. The first-order valence-electron chi connectivity index (χ1n) is 6.67. The van der Waals surface area contributed by atoms with Crippen LogP contribution in [0.1, 0.15) is 23.6 Å². The molecule has 0 aliphatic heterocycles. The molecule has 0 saturated carbocycles. The van der Waals surface area contributed by atoms with Crippen molar-refractivity contribution >= 4 is 0 Å². The number of nitriles is 1. The van der Waals surface area contributed by atoms with Gasteiger partial charge in [-0.3, -0.25) is 4.90 Å². The Bertz CT molecular complexity index is 616. The van der Waals surface area contributed by atoms with Crippen LogP contribution >= 0.6 is 0 Å². The average molecular weight is 268 g/mol. The van der Waals surface area contributed by atoms with Crippen LogP contribution in [0.15, 0.2) is 48.5 Å². The largest absolute Gasteiger partial charge is 0.295 e. The SMILES string of the molecule is CCN(Cc1cccc(F)c1)Cc1cccc(C#N)c1. The van der Waals surface area contributed by atoms with Crippen molar-refractivity contribution in [2.45, 2.75) is 20.0 Å². The summed E-state index contributed by atoms with van der Waals surface area (Å²) in [6.07, 6.45) is 0. The highest BCUT2D eigenvalue weighted by atomic mass is 19.1. The van der Waals surface area contributed by atoms with Crippen LogP contribution in [0.2, 0.25) is 0 Å². The maximum Gasteiger partial charge on any atom is 0.123 e. The molecular weight excluding hydrogens is 251 g/mol. The summed E-state index contributed by atoms with van der Waals surface area (Å²) in [5, 5.41) is 8.91. The number of rotatable bonds is 5. The second kappa shape index (κ2) is 6.83. The summed E-state index contributed by atoms with van der Waals surface area (Å²) in [5.41, 5.74) is 2.73. The van der Waals surface area contributed by atoms with Crippen LogP contribution in [-0.2, 0) is 13.1 Å². The maximum absolute atomic E-state index is 13.2. The molecule has 102 valence electrons. The maximum atomic E-state index is 13.2. The smallest absolute Gasteiger partial charge is 0.123 e. The summed E-state index contributed by atoms with van der Waals surface area (Å²) in [5.74, 6) is -0.204. The molecule has 0 N–H and O–H groups in total.